The number of hydrogen-bond acceptors (Lipinski definition) is 5. The van der Waals surface area contributed by atoms with Gasteiger partial charge in [-0.05, 0) is 37.6 Å². The van der Waals surface area contributed by atoms with Gasteiger partial charge in [0, 0.05) is 22.1 Å². The number of nitrogens with zero attached hydrogens (tertiary/aromatic N) is 3. The molecule has 0 aliphatic carbocycles. The Bertz CT molecular complexity index is 1050. The molecule has 4 rings (SSSR count). The van der Waals surface area contributed by atoms with Crippen molar-refractivity contribution in [1.82, 2.24) is 15.1 Å². The van der Waals surface area contributed by atoms with Gasteiger partial charge in [-0.25, -0.2) is 9.37 Å². The summed E-state index contributed by atoms with van der Waals surface area (Å²) >= 11 is 1.61. The number of aryl methyl sites for hydroxylation is 2. The second-order valence-electron chi connectivity index (χ2n) is 5.72. The third-order valence-corrected chi connectivity index (χ3v) is 4.65. The summed E-state index contributed by atoms with van der Waals surface area (Å²) < 4.78 is 19.0. The standard InChI is InChI=1S/C19H14FN3OS/c1-11-6-7-15(9-16(11)20)19-22-18(23-24-19)14-5-3-4-13(8-14)17-10-25-12(2)21-17/h3-10H,1-2H3. The van der Waals surface area contributed by atoms with Gasteiger partial charge in [0.1, 0.15) is 5.82 Å². The molecule has 0 fully saturated rings. The molecule has 0 bridgehead atoms. The van der Waals surface area contributed by atoms with Crippen LogP contribution < -0.4 is 0 Å². The van der Waals surface area contributed by atoms with Crippen molar-refractivity contribution in [2.75, 3.05) is 0 Å². The van der Waals surface area contributed by atoms with Gasteiger partial charge in [-0.3, -0.25) is 0 Å². The van der Waals surface area contributed by atoms with Gasteiger partial charge in [0.15, 0.2) is 0 Å². The van der Waals surface area contributed by atoms with Crippen LogP contribution in [0, 0.1) is 19.7 Å². The predicted molar refractivity (Wildman–Crippen MR) is 95.7 cm³/mol. The van der Waals surface area contributed by atoms with Crippen molar-refractivity contribution in [2.45, 2.75) is 13.8 Å². The van der Waals surface area contributed by atoms with E-state index in [1.165, 1.54) is 6.07 Å². The lowest BCUT2D eigenvalue weighted by Gasteiger charge is -1.99. The van der Waals surface area contributed by atoms with Gasteiger partial charge in [0.05, 0.1) is 10.7 Å². The van der Waals surface area contributed by atoms with Crippen molar-refractivity contribution in [3.63, 3.8) is 0 Å². The SMILES string of the molecule is Cc1nc(-c2cccc(-c3noc(-c4ccc(C)c(F)c4)n3)c2)cs1. The molecular weight excluding hydrogens is 337 g/mol. The van der Waals surface area contributed by atoms with Crippen molar-refractivity contribution in [3.05, 3.63) is 64.2 Å². The Kier molecular flexibility index (Phi) is 3.89. The Morgan fingerprint density at radius 1 is 0.960 bits per heavy atom. The van der Waals surface area contributed by atoms with Crippen LogP contribution in [-0.4, -0.2) is 15.1 Å². The molecule has 2 aromatic carbocycles. The first-order chi connectivity index (χ1) is 12.1. The van der Waals surface area contributed by atoms with Crippen LogP contribution in [0.3, 0.4) is 0 Å². The zero-order valence-corrected chi connectivity index (χ0v) is 14.5. The number of hydrogen-bond donors (Lipinski definition) is 0. The molecule has 6 heteroatoms. The third-order valence-electron chi connectivity index (χ3n) is 3.88. The normalized spacial score (nSPS) is 11.0. The number of benzene rings is 2. The van der Waals surface area contributed by atoms with E-state index in [0.717, 1.165) is 21.8 Å². The molecule has 0 amide bonds. The third kappa shape index (κ3) is 3.08. The van der Waals surface area contributed by atoms with Gasteiger partial charge in [0.2, 0.25) is 5.82 Å². The van der Waals surface area contributed by atoms with Gasteiger partial charge in [-0.15, -0.1) is 11.3 Å². The molecular formula is C19H14FN3OS. The van der Waals surface area contributed by atoms with Crippen LogP contribution in [-0.2, 0) is 0 Å². The number of halogens is 1. The number of aromatic nitrogens is 3. The highest BCUT2D eigenvalue weighted by Gasteiger charge is 2.13. The molecule has 4 nitrogen and oxygen atoms in total. The van der Waals surface area contributed by atoms with E-state index in [1.54, 1.807) is 30.4 Å². The van der Waals surface area contributed by atoms with Crippen LogP contribution in [0.1, 0.15) is 10.6 Å². The molecule has 0 saturated carbocycles. The summed E-state index contributed by atoms with van der Waals surface area (Å²) in [4.78, 5) is 8.90. The Morgan fingerprint density at radius 3 is 2.56 bits per heavy atom. The summed E-state index contributed by atoms with van der Waals surface area (Å²) in [5.74, 6) is 0.465. The first-order valence-electron chi connectivity index (χ1n) is 7.73. The molecule has 0 spiro atoms. The van der Waals surface area contributed by atoms with E-state index in [4.69, 9.17) is 4.52 Å². The molecule has 25 heavy (non-hydrogen) atoms. The fourth-order valence-electron chi connectivity index (χ4n) is 2.50. The average Bonchev–Trinajstić information content (AvgIpc) is 3.27. The monoisotopic (exact) mass is 351 g/mol. The summed E-state index contributed by atoms with van der Waals surface area (Å²) in [6, 6.07) is 12.7. The van der Waals surface area contributed by atoms with Crippen molar-refractivity contribution < 1.29 is 8.91 Å². The van der Waals surface area contributed by atoms with E-state index in [-0.39, 0.29) is 5.82 Å². The molecule has 0 atom stereocenters. The Morgan fingerprint density at radius 2 is 1.80 bits per heavy atom. The quantitative estimate of drug-likeness (QED) is 0.504. The highest BCUT2D eigenvalue weighted by Crippen LogP contribution is 2.28. The van der Waals surface area contributed by atoms with Crippen LogP contribution in [0.15, 0.2) is 52.4 Å². The molecule has 0 aliphatic rings. The minimum atomic E-state index is -0.293. The highest BCUT2D eigenvalue weighted by molar-refractivity contribution is 7.09. The number of rotatable bonds is 3. The summed E-state index contributed by atoms with van der Waals surface area (Å²) in [6.07, 6.45) is 0. The molecule has 0 N–H and O–H groups in total. The Balaban J connectivity index is 1.69. The molecule has 0 unspecified atom stereocenters. The maximum atomic E-state index is 13.7. The maximum absolute atomic E-state index is 13.7. The van der Waals surface area contributed by atoms with Crippen LogP contribution >= 0.6 is 11.3 Å². The smallest absolute Gasteiger partial charge is 0.258 e. The summed E-state index contributed by atoms with van der Waals surface area (Å²) in [6.45, 7) is 3.69. The minimum Gasteiger partial charge on any atom is -0.334 e. The summed E-state index contributed by atoms with van der Waals surface area (Å²) in [5, 5.41) is 7.06. The molecule has 4 aromatic rings. The zero-order chi connectivity index (χ0) is 17.4. The van der Waals surface area contributed by atoms with Gasteiger partial charge >= 0.3 is 0 Å². The Labute approximate surface area is 148 Å². The molecule has 2 aromatic heterocycles. The second kappa shape index (κ2) is 6.22. The molecule has 2 heterocycles. The van der Waals surface area contributed by atoms with E-state index in [9.17, 15) is 4.39 Å². The van der Waals surface area contributed by atoms with Gasteiger partial charge < -0.3 is 4.52 Å². The van der Waals surface area contributed by atoms with Crippen molar-refractivity contribution in [2.24, 2.45) is 0 Å². The fraction of sp³-hybridized carbons (Fsp3) is 0.105. The topological polar surface area (TPSA) is 51.8 Å². The van der Waals surface area contributed by atoms with E-state index >= 15 is 0 Å². The van der Waals surface area contributed by atoms with Crippen LogP contribution in [0.5, 0.6) is 0 Å². The van der Waals surface area contributed by atoms with E-state index < -0.39 is 0 Å². The lowest BCUT2D eigenvalue weighted by molar-refractivity contribution is 0.432. The molecule has 0 saturated heterocycles. The highest BCUT2D eigenvalue weighted by atomic mass is 32.1. The van der Waals surface area contributed by atoms with E-state index in [1.807, 2.05) is 36.6 Å². The van der Waals surface area contributed by atoms with Crippen LogP contribution in [0.2, 0.25) is 0 Å². The van der Waals surface area contributed by atoms with Crippen LogP contribution in [0.25, 0.3) is 34.1 Å². The average molecular weight is 351 g/mol. The molecule has 124 valence electrons. The van der Waals surface area contributed by atoms with Gasteiger partial charge in [0.25, 0.3) is 5.89 Å². The maximum Gasteiger partial charge on any atom is 0.258 e. The van der Waals surface area contributed by atoms with Crippen molar-refractivity contribution in [1.29, 1.82) is 0 Å². The lowest BCUT2D eigenvalue weighted by atomic mass is 10.1. The van der Waals surface area contributed by atoms with Crippen molar-refractivity contribution >= 4 is 11.3 Å². The van der Waals surface area contributed by atoms with E-state index in [2.05, 4.69) is 15.1 Å². The first-order valence-corrected chi connectivity index (χ1v) is 8.61. The second-order valence-corrected chi connectivity index (χ2v) is 6.78. The van der Waals surface area contributed by atoms with Crippen molar-refractivity contribution in [3.8, 4) is 34.1 Å². The molecule has 0 aliphatic heterocycles. The predicted octanol–water partition coefficient (Wildman–Crippen LogP) is 5.28. The minimum absolute atomic E-state index is 0.293. The first kappa shape index (κ1) is 15.7. The zero-order valence-electron chi connectivity index (χ0n) is 13.7. The Hall–Kier alpha value is -2.86. The molecule has 0 radical (unpaired) electrons. The summed E-state index contributed by atoms with van der Waals surface area (Å²) in [7, 11) is 0. The van der Waals surface area contributed by atoms with Gasteiger partial charge in [-0.2, -0.15) is 4.98 Å². The van der Waals surface area contributed by atoms with E-state index in [0.29, 0.717) is 22.8 Å². The van der Waals surface area contributed by atoms with Gasteiger partial charge in [-0.1, -0.05) is 29.4 Å². The van der Waals surface area contributed by atoms with Crippen LogP contribution in [0.4, 0.5) is 4.39 Å². The lowest BCUT2D eigenvalue weighted by Crippen LogP contribution is -1.86. The largest absolute Gasteiger partial charge is 0.334 e. The fourth-order valence-corrected chi connectivity index (χ4v) is 3.12. The number of thiazole rings is 1. The summed E-state index contributed by atoms with van der Waals surface area (Å²) in [5.41, 5.74) is 3.89.